The number of rotatable bonds is 13. The predicted octanol–water partition coefficient (Wildman–Crippen LogP) is 5.33. The van der Waals surface area contributed by atoms with E-state index in [1.807, 2.05) is 71.0 Å². The first-order chi connectivity index (χ1) is 19.1. The molecule has 0 aromatic heterocycles. The van der Waals surface area contributed by atoms with Gasteiger partial charge in [-0.1, -0.05) is 82.3 Å². The number of benzene rings is 3. The summed E-state index contributed by atoms with van der Waals surface area (Å²) in [4.78, 5) is 29.0. The minimum Gasteiger partial charge on any atom is -0.354 e. The second-order valence-corrected chi connectivity index (χ2v) is 12.2. The van der Waals surface area contributed by atoms with Gasteiger partial charge in [0.1, 0.15) is 12.6 Å². The van der Waals surface area contributed by atoms with Crippen molar-refractivity contribution < 1.29 is 18.0 Å². The zero-order chi connectivity index (χ0) is 29.3. The Kier molecular flexibility index (Phi) is 10.9. The molecule has 1 N–H and O–H groups in total. The lowest BCUT2D eigenvalue weighted by atomic mass is 10.1. The number of sulfonamides is 1. The quantitative estimate of drug-likeness (QED) is 0.305. The van der Waals surface area contributed by atoms with Crippen LogP contribution in [0.2, 0.25) is 0 Å². The third kappa shape index (κ3) is 7.72. The Labute approximate surface area is 239 Å². The fraction of sp³-hybridized carbons (Fsp3) is 0.375. The number of hydrogen-bond donors (Lipinski definition) is 1. The lowest BCUT2D eigenvalue weighted by Gasteiger charge is -2.33. The van der Waals surface area contributed by atoms with E-state index in [4.69, 9.17) is 0 Å². The number of nitrogens with one attached hydrogen (secondary N) is 1. The molecule has 214 valence electrons. The van der Waals surface area contributed by atoms with E-state index in [0.29, 0.717) is 18.7 Å². The Balaban J connectivity index is 2.05. The van der Waals surface area contributed by atoms with Crippen LogP contribution in [0.5, 0.6) is 0 Å². The molecule has 3 aromatic carbocycles. The normalized spacial score (nSPS) is 12.2. The fourth-order valence-electron chi connectivity index (χ4n) is 4.46. The van der Waals surface area contributed by atoms with E-state index in [1.54, 1.807) is 30.3 Å². The maximum atomic E-state index is 14.1. The molecule has 8 heteroatoms. The largest absolute Gasteiger partial charge is 0.354 e. The SMILES string of the molecule is CCc1ccc(N(CC(=O)N(Cc2ccccc2C)C(CC)C(=O)NCC(C)C)S(=O)(=O)c2ccccc2)cc1. The van der Waals surface area contributed by atoms with E-state index >= 15 is 0 Å². The molecule has 3 rings (SSSR count). The minimum atomic E-state index is -4.07. The zero-order valence-corrected chi connectivity index (χ0v) is 24.9. The van der Waals surface area contributed by atoms with Crippen molar-refractivity contribution in [2.45, 2.75) is 64.9 Å². The van der Waals surface area contributed by atoms with Gasteiger partial charge in [-0.2, -0.15) is 0 Å². The molecule has 0 heterocycles. The van der Waals surface area contributed by atoms with Crippen molar-refractivity contribution in [2.24, 2.45) is 5.92 Å². The number of aryl methyl sites for hydroxylation is 2. The summed E-state index contributed by atoms with van der Waals surface area (Å²) < 4.78 is 28.9. The monoisotopic (exact) mass is 563 g/mol. The molecule has 0 radical (unpaired) electrons. The summed E-state index contributed by atoms with van der Waals surface area (Å²) in [6.07, 6.45) is 1.19. The summed E-state index contributed by atoms with van der Waals surface area (Å²) >= 11 is 0. The summed E-state index contributed by atoms with van der Waals surface area (Å²) in [5, 5.41) is 2.96. The topological polar surface area (TPSA) is 86.8 Å². The van der Waals surface area contributed by atoms with Gasteiger partial charge < -0.3 is 10.2 Å². The van der Waals surface area contributed by atoms with Gasteiger partial charge >= 0.3 is 0 Å². The highest BCUT2D eigenvalue weighted by Gasteiger charge is 2.33. The maximum absolute atomic E-state index is 14.1. The van der Waals surface area contributed by atoms with E-state index in [-0.39, 0.29) is 23.3 Å². The average molecular weight is 564 g/mol. The van der Waals surface area contributed by atoms with Gasteiger partial charge in [0, 0.05) is 13.1 Å². The smallest absolute Gasteiger partial charge is 0.264 e. The highest BCUT2D eigenvalue weighted by molar-refractivity contribution is 7.92. The summed E-state index contributed by atoms with van der Waals surface area (Å²) in [7, 11) is -4.07. The molecule has 2 amide bonds. The molecule has 0 spiro atoms. The van der Waals surface area contributed by atoms with E-state index in [0.717, 1.165) is 27.4 Å². The molecule has 0 saturated heterocycles. The van der Waals surface area contributed by atoms with E-state index in [1.165, 1.54) is 17.0 Å². The molecular weight excluding hydrogens is 522 g/mol. The molecule has 3 aromatic rings. The molecule has 0 aliphatic heterocycles. The van der Waals surface area contributed by atoms with Crippen molar-refractivity contribution in [2.75, 3.05) is 17.4 Å². The van der Waals surface area contributed by atoms with Gasteiger partial charge in [-0.3, -0.25) is 13.9 Å². The van der Waals surface area contributed by atoms with Crippen LogP contribution < -0.4 is 9.62 Å². The molecule has 0 aliphatic carbocycles. The number of carbonyl (C=O) groups excluding carboxylic acids is 2. The highest BCUT2D eigenvalue weighted by Crippen LogP contribution is 2.25. The van der Waals surface area contributed by atoms with Crippen molar-refractivity contribution in [3.05, 3.63) is 95.6 Å². The van der Waals surface area contributed by atoms with Gasteiger partial charge in [0.15, 0.2) is 0 Å². The molecule has 40 heavy (non-hydrogen) atoms. The van der Waals surface area contributed by atoms with Crippen LogP contribution in [0.15, 0.2) is 83.8 Å². The zero-order valence-electron chi connectivity index (χ0n) is 24.1. The second kappa shape index (κ2) is 14.1. The molecule has 1 atom stereocenters. The lowest BCUT2D eigenvalue weighted by Crippen LogP contribution is -2.52. The molecule has 0 bridgehead atoms. The number of nitrogens with zero attached hydrogens (tertiary/aromatic N) is 2. The first-order valence-corrected chi connectivity index (χ1v) is 15.3. The third-order valence-electron chi connectivity index (χ3n) is 6.92. The summed E-state index contributed by atoms with van der Waals surface area (Å²) in [6.45, 7) is 10.1. The number of carbonyl (C=O) groups is 2. The van der Waals surface area contributed by atoms with Crippen LogP contribution in [0.4, 0.5) is 5.69 Å². The molecular formula is C32H41N3O4S. The van der Waals surface area contributed by atoms with Crippen LogP contribution >= 0.6 is 0 Å². The van der Waals surface area contributed by atoms with E-state index in [9.17, 15) is 18.0 Å². The summed E-state index contributed by atoms with van der Waals surface area (Å²) in [6, 6.07) is 22.2. The average Bonchev–Trinajstić information content (AvgIpc) is 2.96. The van der Waals surface area contributed by atoms with Crippen LogP contribution in [0.25, 0.3) is 0 Å². The van der Waals surface area contributed by atoms with E-state index < -0.39 is 28.5 Å². The van der Waals surface area contributed by atoms with Crippen molar-refractivity contribution in [1.82, 2.24) is 10.2 Å². The number of amides is 2. The van der Waals surface area contributed by atoms with Gasteiger partial charge in [0.25, 0.3) is 10.0 Å². The van der Waals surface area contributed by atoms with Gasteiger partial charge in [-0.25, -0.2) is 8.42 Å². The van der Waals surface area contributed by atoms with Crippen LogP contribution in [-0.2, 0) is 32.6 Å². The standard InChI is InChI=1S/C32H41N3O4S/c1-6-26-17-19-28(20-18-26)35(40(38,39)29-15-9-8-10-16-29)23-31(36)34(22-27-14-12-11-13-25(27)5)30(7-2)32(37)33-21-24(3)4/h8-20,24,30H,6-7,21-23H2,1-5H3,(H,33,37). The van der Waals surface area contributed by atoms with Crippen LogP contribution in [-0.4, -0.2) is 44.3 Å². The first kappa shape index (κ1) is 30.9. The number of anilines is 1. The van der Waals surface area contributed by atoms with Gasteiger partial charge in [-0.15, -0.1) is 0 Å². The lowest BCUT2D eigenvalue weighted by molar-refractivity contribution is -0.140. The first-order valence-electron chi connectivity index (χ1n) is 13.9. The predicted molar refractivity (Wildman–Crippen MR) is 160 cm³/mol. The molecule has 0 fully saturated rings. The Bertz CT molecular complexity index is 1370. The Morgan fingerprint density at radius 1 is 0.875 bits per heavy atom. The second-order valence-electron chi connectivity index (χ2n) is 10.4. The van der Waals surface area contributed by atoms with Crippen molar-refractivity contribution in [3.8, 4) is 0 Å². The molecule has 1 unspecified atom stereocenters. The van der Waals surface area contributed by atoms with Crippen LogP contribution in [0.3, 0.4) is 0 Å². The molecule has 0 aliphatic rings. The van der Waals surface area contributed by atoms with Crippen LogP contribution in [0, 0.1) is 12.8 Å². The Morgan fingerprint density at radius 2 is 1.50 bits per heavy atom. The van der Waals surface area contributed by atoms with Crippen molar-refractivity contribution in [1.29, 1.82) is 0 Å². The van der Waals surface area contributed by atoms with Crippen LogP contribution in [0.1, 0.15) is 50.8 Å². The minimum absolute atomic E-state index is 0.0922. The Hall–Kier alpha value is -3.65. The molecule has 7 nitrogen and oxygen atoms in total. The number of hydrogen-bond acceptors (Lipinski definition) is 4. The van der Waals surface area contributed by atoms with Gasteiger partial charge in [0.2, 0.25) is 11.8 Å². The summed E-state index contributed by atoms with van der Waals surface area (Å²) in [5.74, 6) is -0.448. The summed E-state index contributed by atoms with van der Waals surface area (Å²) in [5.41, 5.74) is 3.33. The van der Waals surface area contributed by atoms with Crippen molar-refractivity contribution >= 4 is 27.5 Å². The maximum Gasteiger partial charge on any atom is 0.264 e. The Morgan fingerprint density at radius 3 is 2.08 bits per heavy atom. The highest BCUT2D eigenvalue weighted by atomic mass is 32.2. The van der Waals surface area contributed by atoms with Crippen molar-refractivity contribution in [3.63, 3.8) is 0 Å². The third-order valence-corrected chi connectivity index (χ3v) is 8.70. The molecule has 0 saturated carbocycles. The van der Waals surface area contributed by atoms with E-state index in [2.05, 4.69) is 5.32 Å². The van der Waals surface area contributed by atoms with Gasteiger partial charge in [-0.05, 0) is 66.6 Å². The van der Waals surface area contributed by atoms with Gasteiger partial charge in [0.05, 0.1) is 10.6 Å². The fourth-order valence-corrected chi connectivity index (χ4v) is 5.89.